The zero-order chi connectivity index (χ0) is 23.3. The molecule has 4 aliphatic rings. The van der Waals surface area contributed by atoms with E-state index >= 15 is 0 Å². The van der Waals surface area contributed by atoms with Crippen LogP contribution in [0.2, 0.25) is 0 Å². The molecule has 34 heavy (non-hydrogen) atoms. The van der Waals surface area contributed by atoms with E-state index in [2.05, 4.69) is 26.2 Å². The van der Waals surface area contributed by atoms with E-state index in [-0.39, 0.29) is 5.91 Å². The highest BCUT2D eigenvalue weighted by molar-refractivity contribution is 5.76. The first-order valence-electron chi connectivity index (χ1n) is 13.6. The lowest BCUT2D eigenvalue weighted by Crippen LogP contribution is -2.47. The summed E-state index contributed by atoms with van der Waals surface area (Å²) in [7, 11) is 1.79. The molecule has 3 fully saturated rings. The number of methoxy groups -OCH3 is 1. The van der Waals surface area contributed by atoms with Crippen LogP contribution < -0.4 is 15.0 Å². The summed E-state index contributed by atoms with van der Waals surface area (Å²) in [4.78, 5) is 22.1. The Morgan fingerprint density at radius 3 is 2.68 bits per heavy atom. The molecule has 2 saturated carbocycles. The SMILES string of the molecule is CO[C@H]1CC[C@H](CC(=O)N[C@H]2CC[C@H](CCN3CCN(c4nccc5c4OCC5)CC3)CC2)C1. The molecule has 0 spiro atoms. The van der Waals surface area contributed by atoms with E-state index in [9.17, 15) is 4.79 Å². The maximum absolute atomic E-state index is 12.5. The summed E-state index contributed by atoms with van der Waals surface area (Å²) in [5, 5.41) is 3.33. The minimum Gasteiger partial charge on any atom is -0.489 e. The Balaban J connectivity index is 0.973. The Morgan fingerprint density at radius 1 is 1.12 bits per heavy atom. The smallest absolute Gasteiger partial charge is 0.220 e. The molecule has 5 rings (SSSR count). The van der Waals surface area contributed by atoms with Gasteiger partial charge in [-0.2, -0.15) is 0 Å². The van der Waals surface area contributed by atoms with Crippen LogP contribution in [0, 0.1) is 11.8 Å². The number of fused-ring (bicyclic) bond motifs is 1. The quantitative estimate of drug-likeness (QED) is 0.628. The number of amides is 1. The van der Waals surface area contributed by atoms with Crippen LogP contribution in [0.4, 0.5) is 5.82 Å². The molecule has 0 unspecified atom stereocenters. The van der Waals surface area contributed by atoms with E-state index in [4.69, 9.17) is 9.47 Å². The lowest BCUT2D eigenvalue weighted by Gasteiger charge is -2.37. The van der Waals surface area contributed by atoms with Crippen molar-refractivity contribution in [3.63, 3.8) is 0 Å². The van der Waals surface area contributed by atoms with Gasteiger partial charge < -0.3 is 19.7 Å². The number of nitrogens with zero attached hydrogens (tertiary/aromatic N) is 3. The van der Waals surface area contributed by atoms with Crippen LogP contribution >= 0.6 is 0 Å². The minimum absolute atomic E-state index is 0.257. The molecule has 0 bridgehead atoms. The van der Waals surface area contributed by atoms with E-state index in [0.717, 1.165) is 88.8 Å². The normalized spacial score (nSPS) is 29.6. The molecule has 1 N–H and O–H groups in total. The van der Waals surface area contributed by atoms with Crippen LogP contribution in [-0.4, -0.2) is 74.4 Å². The summed E-state index contributed by atoms with van der Waals surface area (Å²) in [5.41, 5.74) is 1.30. The summed E-state index contributed by atoms with van der Waals surface area (Å²) < 4.78 is 11.3. The van der Waals surface area contributed by atoms with Crippen LogP contribution in [0.1, 0.15) is 63.4 Å². The van der Waals surface area contributed by atoms with Gasteiger partial charge in [0.25, 0.3) is 0 Å². The van der Waals surface area contributed by atoms with Gasteiger partial charge in [0.2, 0.25) is 5.91 Å². The Bertz CT molecular complexity index is 818. The molecule has 3 heterocycles. The van der Waals surface area contributed by atoms with E-state index in [0.29, 0.717) is 24.5 Å². The van der Waals surface area contributed by atoms with E-state index in [1.54, 1.807) is 7.11 Å². The highest BCUT2D eigenvalue weighted by Gasteiger charge is 2.29. The van der Waals surface area contributed by atoms with Gasteiger partial charge in [-0.1, -0.05) is 0 Å². The lowest BCUT2D eigenvalue weighted by atomic mass is 9.84. The predicted octanol–water partition coefficient (Wildman–Crippen LogP) is 3.41. The van der Waals surface area contributed by atoms with Crippen LogP contribution in [0.5, 0.6) is 5.75 Å². The van der Waals surface area contributed by atoms with Crippen molar-refractivity contribution in [2.24, 2.45) is 11.8 Å². The number of carbonyl (C=O) groups is 1. The zero-order valence-electron chi connectivity index (χ0n) is 20.8. The summed E-state index contributed by atoms with van der Waals surface area (Å²) in [5.74, 6) is 3.62. The van der Waals surface area contributed by atoms with Crippen molar-refractivity contribution in [3.8, 4) is 5.75 Å². The van der Waals surface area contributed by atoms with Gasteiger partial charge in [-0.3, -0.25) is 9.69 Å². The fraction of sp³-hybridized carbons (Fsp3) is 0.778. The Kier molecular flexibility index (Phi) is 7.90. The third-order valence-electron chi connectivity index (χ3n) is 8.62. The van der Waals surface area contributed by atoms with E-state index in [1.807, 2.05) is 6.20 Å². The molecular formula is C27H42N4O3. The highest BCUT2D eigenvalue weighted by atomic mass is 16.5. The molecule has 0 aromatic carbocycles. The maximum Gasteiger partial charge on any atom is 0.220 e. The zero-order valence-corrected chi connectivity index (χ0v) is 20.8. The minimum atomic E-state index is 0.257. The molecule has 2 aliphatic heterocycles. The first-order valence-corrected chi connectivity index (χ1v) is 13.6. The molecule has 7 heteroatoms. The summed E-state index contributed by atoms with van der Waals surface area (Å²) in [6, 6.07) is 2.48. The molecule has 1 aromatic rings. The second-order valence-electron chi connectivity index (χ2n) is 10.9. The molecule has 2 atom stereocenters. The number of hydrogen-bond donors (Lipinski definition) is 1. The van der Waals surface area contributed by atoms with Crippen molar-refractivity contribution >= 4 is 11.7 Å². The topological polar surface area (TPSA) is 66.9 Å². The largest absolute Gasteiger partial charge is 0.489 e. The van der Waals surface area contributed by atoms with Crippen LogP contribution in [0.3, 0.4) is 0 Å². The fourth-order valence-electron chi connectivity index (χ4n) is 6.44. The summed E-state index contributed by atoms with van der Waals surface area (Å²) in [6.07, 6.45) is 13.3. The number of piperazine rings is 1. The first-order chi connectivity index (χ1) is 16.7. The van der Waals surface area contributed by atoms with Crippen LogP contribution in [0.25, 0.3) is 0 Å². The van der Waals surface area contributed by atoms with Gasteiger partial charge in [-0.15, -0.1) is 0 Å². The fourth-order valence-corrected chi connectivity index (χ4v) is 6.44. The molecule has 188 valence electrons. The van der Waals surface area contributed by atoms with Crippen LogP contribution in [0.15, 0.2) is 12.3 Å². The summed E-state index contributed by atoms with van der Waals surface area (Å²) >= 11 is 0. The average molecular weight is 471 g/mol. The number of ether oxygens (including phenoxy) is 2. The monoisotopic (exact) mass is 470 g/mol. The van der Waals surface area contributed by atoms with Gasteiger partial charge in [0.05, 0.1) is 12.7 Å². The first kappa shape index (κ1) is 23.9. The Hall–Kier alpha value is -1.86. The number of anilines is 1. The summed E-state index contributed by atoms with van der Waals surface area (Å²) in [6.45, 7) is 6.23. The number of hydrogen-bond acceptors (Lipinski definition) is 6. The molecule has 7 nitrogen and oxygen atoms in total. The second-order valence-corrected chi connectivity index (χ2v) is 10.9. The van der Waals surface area contributed by atoms with Gasteiger partial charge in [0, 0.05) is 63.9 Å². The molecule has 1 amide bonds. The molecule has 1 saturated heterocycles. The van der Waals surface area contributed by atoms with E-state index < -0.39 is 0 Å². The number of nitrogens with one attached hydrogen (secondary N) is 1. The van der Waals surface area contributed by atoms with Crippen LogP contribution in [-0.2, 0) is 16.0 Å². The van der Waals surface area contributed by atoms with Gasteiger partial charge in [-0.25, -0.2) is 4.98 Å². The Labute approximate surface area is 204 Å². The molecule has 0 radical (unpaired) electrons. The Morgan fingerprint density at radius 2 is 1.91 bits per heavy atom. The molecule has 2 aliphatic carbocycles. The molecule has 1 aromatic heterocycles. The third kappa shape index (κ3) is 5.85. The lowest BCUT2D eigenvalue weighted by molar-refractivity contribution is -0.123. The standard InChI is InChI=1S/C27H42N4O3/c1-33-24-7-4-21(18-24)19-25(32)29-23-5-2-20(3-6-23)9-12-30-13-15-31(16-14-30)27-26-22(8-11-28-27)10-17-34-26/h8,11,20-21,23-24H,2-7,9-10,12-19H2,1H3,(H,29,32)/t20-,21-,23-,24-/m0/s1. The van der Waals surface area contributed by atoms with Crippen molar-refractivity contribution in [2.75, 3.05) is 51.3 Å². The van der Waals surface area contributed by atoms with Gasteiger partial charge >= 0.3 is 0 Å². The average Bonchev–Trinajstić information content (AvgIpc) is 3.53. The number of aromatic nitrogens is 1. The second kappa shape index (κ2) is 11.3. The van der Waals surface area contributed by atoms with Gasteiger partial charge in [0.15, 0.2) is 11.6 Å². The van der Waals surface area contributed by atoms with Crippen molar-refractivity contribution in [1.29, 1.82) is 0 Å². The van der Waals surface area contributed by atoms with Crippen molar-refractivity contribution < 1.29 is 14.3 Å². The van der Waals surface area contributed by atoms with Crippen molar-refractivity contribution in [3.05, 3.63) is 17.8 Å². The number of carbonyl (C=O) groups excluding carboxylic acids is 1. The highest BCUT2D eigenvalue weighted by Crippen LogP contribution is 2.35. The maximum atomic E-state index is 12.5. The van der Waals surface area contributed by atoms with Crippen molar-refractivity contribution in [2.45, 2.75) is 76.4 Å². The van der Waals surface area contributed by atoms with Gasteiger partial charge in [-0.05, 0) is 75.8 Å². The molecular weight excluding hydrogens is 428 g/mol. The predicted molar refractivity (Wildman–Crippen MR) is 133 cm³/mol. The third-order valence-corrected chi connectivity index (χ3v) is 8.62. The number of pyridine rings is 1. The van der Waals surface area contributed by atoms with Crippen molar-refractivity contribution in [1.82, 2.24) is 15.2 Å². The van der Waals surface area contributed by atoms with E-state index in [1.165, 1.54) is 31.4 Å². The van der Waals surface area contributed by atoms with Gasteiger partial charge in [0.1, 0.15) is 0 Å². The number of rotatable bonds is 8.